The molecule has 2 rings (SSSR count). The molecule has 2 N–H and O–H groups in total. The fourth-order valence-electron chi connectivity index (χ4n) is 4.43. The molecule has 0 saturated carbocycles. The average Bonchev–Trinajstić information content (AvgIpc) is 2.80. The molecular weight excluding hydrogens is 544 g/mol. The SMILES string of the molecule is CCOC(=O)c1cc(C(C)(C)C)cc(C(C)(C)O)c1S(=O)(=O)c1c(C(=O)OCC)cc(C(C)(C)C)cc1C(C)(C)O. The van der Waals surface area contributed by atoms with Gasteiger partial charge in [-0.15, -0.1) is 0 Å². The van der Waals surface area contributed by atoms with Gasteiger partial charge in [0.15, 0.2) is 0 Å². The van der Waals surface area contributed by atoms with E-state index in [1.807, 2.05) is 41.5 Å². The molecule has 0 aliphatic heterocycles. The van der Waals surface area contributed by atoms with Crippen LogP contribution in [0.3, 0.4) is 0 Å². The van der Waals surface area contributed by atoms with E-state index in [0.29, 0.717) is 11.1 Å². The monoisotopic (exact) mass is 590 g/mol. The topological polar surface area (TPSA) is 127 Å². The summed E-state index contributed by atoms with van der Waals surface area (Å²) in [6, 6.07) is 6.04. The quantitative estimate of drug-likeness (QED) is 0.363. The van der Waals surface area contributed by atoms with Crippen molar-refractivity contribution < 1.29 is 37.7 Å². The van der Waals surface area contributed by atoms with Crippen molar-refractivity contribution in [3.63, 3.8) is 0 Å². The zero-order valence-electron chi connectivity index (χ0n) is 26.5. The molecule has 0 unspecified atom stereocenters. The van der Waals surface area contributed by atoms with E-state index >= 15 is 0 Å². The largest absolute Gasteiger partial charge is 0.462 e. The lowest BCUT2D eigenvalue weighted by molar-refractivity contribution is 0.0508. The highest BCUT2D eigenvalue weighted by molar-refractivity contribution is 7.91. The highest BCUT2D eigenvalue weighted by Gasteiger charge is 2.41. The Morgan fingerprint density at radius 3 is 1.15 bits per heavy atom. The van der Waals surface area contributed by atoms with Crippen molar-refractivity contribution in [3.05, 3.63) is 57.6 Å². The molecule has 0 atom stereocenters. The first-order chi connectivity index (χ1) is 18.4. The van der Waals surface area contributed by atoms with E-state index in [2.05, 4.69) is 0 Å². The predicted octanol–water partition coefficient (Wildman–Crippen LogP) is 5.92. The van der Waals surface area contributed by atoms with Crippen LogP contribution in [0.1, 0.15) is 126 Å². The van der Waals surface area contributed by atoms with E-state index < -0.39 is 53.6 Å². The van der Waals surface area contributed by atoms with Gasteiger partial charge in [0, 0.05) is 11.1 Å². The summed E-state index contributed by atoms with van der Waals surface area (Å²) in [6.45, 7) is 20.3. The lowest BCUT2D eigenvalue weighted by Gasteiger charge is -2.31. The molecule has 228 valence electrons. The van der Waals surface area contributed by atoms with E-state index in [0.717, 1.165) is 0 Å². The van der Waals surface area contributed by atoms with Gasteiger partial charge in [-0.05, 0) is 75.6 Å². The summed E-state index contributed by atoms with van der Waals surface area (Å²) < 4.78 is 40.4. The number of carbonyl (C=O) groups is 2. The summed E-state index contributed by atoms with van der Waals surface area (Å²) >= 11 is 0. The first-order valence-electron chi connectivity index (χ1n) is 13.8. The summed E-state index contributed by atoms with van der Waals surface area (Å²) in [5, 5.41) is 22.6. The first kappa shape index (κ1) is 34.5. The first-order valence-corrected chi connectivity index (χ1v) is 15.3. The molecule has 9 heteroatoms. The van der Waals surface area contributed by atoms with Crippen LogP contribution in [0.25, 0.3) is 0 Å². The van der Waals surface area contributed by atoms with Gasteiger partial charge in [-0.25, -0.2) is 18.0 Å². The maximum absolute atomic E-state index is 14.9. The van der Waals surface area contributed by atoms with Gasteiger partial charge in [-0.1, -0.05) is 53.7 Å². The van der Waals surface area contributed by atoms with E-state index in [1.165, 1.54) is 39.8 Å². The Morgan fingerprint density at radius 1 is 0.634 bits per heavy atom. The zero-order chi connectivity index (χ0) is 31.9. The van der Waals surface area contributed by atoms with Crippen LogP contribution in [0.2, 0.25) is 0 Å². The molecule has 41 heavy (non-hydrogen) atoms. The van der Waals surface area contributed by atoms with E-state index in [1.54, 1.807) is 26.0 Å². The average molecular weight is 591 g/mol. The number of hydrogen-bond acceptors (Lipinski definition) is 8. The molecular formula is C32H46O8S. The minimum absolute atomic E-state index is 0.0147. The van der Waals surface area contributed by atoms with Crippen LogP contribution in [-0.2, 0) is 41.3 Å². The fraction of sp³-hybridized carbons (Fsp3) is 0.562. The lowest BCUT2D eigenvalue weighted by Crippen LogP contribution is -2.29. The van der Waals surface area contributed by atoms with Crippen LogP contribution in [0.4, 0.5) is 0 Å². The second-order valence-corrected chi connectivity index (χ2v) is 15.2. The Bertz CT molecular complexity index is 1320. The highest BCUT2D eigenvalue weighted by atomic mass is 32.2. The van der Waals surface area contributed by atoms with Crippen molar-refractivity contribution in [2.75, 3.05) is 13.2 Å². The third-order valence-corrected chi connectivity index (χ3v) is 8.71. The Labute approximate surface area is 245 Å². The molecule has 2 aromatic carbocycles. The molecule has 0 bridgehead atoms. The molecule has 0 amide bonds. The summed E-state index contributed by atoms with van der Waals surface area (Å²) in [4.78, 5) is 25.8. The van der Waals surface area contributed by atoms with Crippen LogP contribution in [-0.4, -0.2) is 43.8 Å². The second-order valence-electron chi connectivity index (χ2n) is 13.4. The van der Waals surface area contributed by atoms with Crippen molar-refractivity contribution in [1.82, 2.24) is 0 Å². The number of ether oxygens (including phenoxy) is 2. The fourth-order valence-corrected chi connectivity index (χ4v) is 6.70. The molecule has 0 aliphatic carbocycles. The molecule has 0 aliphatic rings. The number of benzene rings is 2. The highest BCUT2D eigenvalue weighted by Crippen LogP contribution is 2.43. The number of rotatable bonds is 8. The number of hydrogen-bond donors (Lipinski definition) is 2. The van der Waals surface area contributed by atoms with Gasteiger partial charge in [-0.2, -0.15) is 0 Å². The van der Waals surface area contributed by atoms with Crippen molar-refractivity contribution in [3.8, 4) is 0 Å². The van der Waals surface area contributed by atoms with Gasteiger partial charge in [0.2, 0.25) is 9.84 Å². The summed E-state index contributed by atoms with van der Waals surface area (Å²) in [5.74, 6) is -1.78. The Balaban J connectivity index is 3.33. The third-order valence-electron chi connectivity index (χ3n) is 6.76. The van der Waals surface area contributed by atoms with E-state index in [9.17, 15) is 28.2 Å². The van der Waals surface area contributed by atoms with Crippen molar-refractivity contribution in [2.24, 2.45) is 0 Å². The molecule has 0 spiro atoms. The predicted molar refractivity (Wildman–Crippen MR) is 158 cm³/mol. The molecule has 0 radical (unpaired) electrons. The zero-order valence-corrected chi connectivity index (χ0v) is 27.3. The minimum atomic E-state index is -4.80. The third kappa shape index (κ3) is 7.37. The minimum Gasteiger partial charge on any atom is -0.462 e. The smallest absolute Gasteiger partial charge is 0.339 e. The maximum atomic E-state index is 14.9. The molecule has 0 aromatic heterocycles. The molecule has 0 heterocycles. The maximum Gasteiger partial charge on any atom is 0.339 e. The number of carbonyl (C=O) groups excluding carboxylic acids is 2. The van der Waals surface area contributed by atoms with E-state index in [-0.39, 0.29) is 35.5 Å². The number of esters is 2. The van der Waals surface area contributed by atoms with Gasteiger partial charge in [-0.3, -0.25) is 0 Å². The standard InChI is InChI=1S/C32H46O8S/c1-13-39-27(33)21-15-19(29(3,4)5)17-23(31(9,10)35)25(21)41(37,38)26-22(28(34)40-14-2)16-20(30(6,7)8)18-24(26)32(11,12)36/h15-18,35-36H,13-14H2,1-12H3. The van der Waals surface area contributed by atoms with Crippen molar-refractivity contribution in [1.29, 1.82) is 0 Å². The Morgan fingerprint density at radius 2 is 0.927 bits per heavy atom. The molecule has 0 fully saturated rings. The van der Waals surface area contributed by atoms with Gasteiger partial charge in [0.05, 0.1) is 45.3 Å². The van der Waals surface area contributed by atoms with Crippen LogP contribution in [0.5, 0.6) is 0 Å². The lowest BCUT2D eigenvalue weighted by atomic mass is 9.82. The Kier molecular flexibility index (Phi) is 9.66. The molecule has 8 nitrogen and oxygen atoms in total. The van der Waals surface area contributed by atoms with Crippen LogP contribution >= 0.6 is 0 Å². The number of aliphatic hydroxyl groups is 2. The van der Waals surface area contributed by atoms with Crippen LogP contribution in [0.15, 0.2) is 34.1 Å². The van der Waals surface area contributed by atoms with Crippen LogP contribution in [0, 0.1) is 0 Å². The normalized spacial score (nSPS) is 13.2. The van der Waals surface area contributed by atoms with Crippen LogP contribution < -0.4 is 0 Å². The van der Waals surface area contributed by atoms with Gasteiger partial charge < -0.3 is 19.7 Å². The summed E-state index contributed by atoms with van der Waals surface area (Å²) in [5.41, 5.74) is -3.90. The summed E-state index contributed by atoms with van der Waals surface area (Å²) in [7, 11) is -4.80. The van der Waals surface area contributed by atoms with Gasteiger partial charge in [0.25, 0.3) is 0 Å². The van der Waals surface area contributed by atoms with Crippen molar-refractivity contribution >= 4 is 21.8 Å². The van der Waals surface area contributed by atoms with Crippen molar-refractivity contribution in [2.45, 2.75) is 115 Å². The molecule has 0 saturated heterocycles. The second kappa shape index (κ2) is 11.5. The number of sulfone groups is 1. The molecule has 2 aromatic rings. The van der Waals surface area contributed by atoms with Gasteiger partial charge in [0.1, 0.15) is 0 Å². The van der Waals surface area contributed by atoms with E-state index in [4.69, 9.17) is 9.47 Å². The van der Waals surface area contributed by atoms with Gasteiger partial charge >= 0.3 is 11.9 Å². The Hall–Kier alpha value is -2.75. The summed E-state index contributed by atoms with van der Waals surface area (Å²) in [6.07, 6.45) is 0.